The lowest BCUT2D eigenvalue weighted by atomic mass is 10.0. The first-order chi connectivity index (χ1) is 38.5. The zero-order valence-electron chi connectivity index (χ0n) is 50.1. The molecule has 6 heteroatoms. The van der Waals surface area contributed by atoms with Crippen molar-refractivity contribution in [1.29, 1.82) is 0 Å². The third-order valence-electron chi connectivity index (χ3n) is 12.8. The van der Waals surface area contributed by atoms with Crippen molar-refractivity contribution >= 4 is 17.9 Å². The van der Waals surface area contributed by atoms with Crippen LogP contribution in [-0.4, -0.2) is 37.2 Å². The third kappa shape index (κ3) is 61.9. The first-order valence-electron chi connectivity index (χ1n) is 31.5. The highest BCUT2D eigenvalue weighted by molar-refractivity contribution is 5.71. The molecule has 0 N–H and O–H groups in total. The summed E-state index contributed by atoms with van der Waals surface area (Å²) in [6, 6.07) is 0. The Morgan fingerprint density at radius 2 is 0.500 bits per heavy atom. The van der Waals surface area contributed by atoms with Crippen molar-refractivity contribution in [3.63, 3.8) is 0 Å². The number of ether oxygens (including phenoxy) is 3. The molecule has 1 atom stereocenters. The van der Waals surface area contributed by atoms with Gasteiger partial charge in [0.05, 0.1) is 0 Å². The van der Waals surface area contributed by atoms with Gasteiger partial charge >= 0.3 is 17.9 Å². The summed E-state index contributed by atoms with van der Waals surface area (Å²) >= 11 is 0. The van der Waals surface area contributed by atoms with Gasteiger partial charge in [-0.15, -0.1) is 0 Å². The standard InChI is InChI=1S/C72H114O6/c1-4-7-10-13-16-19-22-25-27-28-29-30-31-32-33-34-35-36-37-38-39-40-41-42-43-44-46-47-50-53-56-59-62-65-71(74)77-68-69(67-76-70(73)64-61-58-55-52-49-24-21-18-15-12-9-6-3)78-72(75)66-63-60-57-54-51-48-45-26-23-20-17-14-11-8-5-2/h7-8,10-11,16-17,19-20,25-27,29-30,32-33,35-36,38-39,41-42,44-46,50,53,69H,4-6,9,12-15,18,21-24,28,31,34,37,40,43,47-49,51-52,54-68H2,1-3H3/b10-7-,11-8-,19-16-,20-17-,27-25-,30-29-,33-32-,36-35-,39-38-,42-41-,45-26-,46-44-,53-50-. The molecular formula is C72H114O6. The minimum Gasteiger partial charge on any atom is -0.462 e. The molecule has 0 aliphatic carbocycles. The predicted molar refractivity (Wildman–Crippen MR) is 338 cm³/mol. The maximum Gasteiger partial charge on any atom is 0.306 e. The third-order valence-corrected chi connectivity index (χ3v) is 12.8. The molecule has 0 aliphatic rings. The summed E-state index contributed by atoms with van der Waals surface area (Å²) in [7, 11) is 0. The van der Waals surface area contributed by atoms with Crippen LogP contribution in [0.4, 0.5) is 0 Å². The van der Waals surface area contributed by atoms with Gasteiger partial charge in [-0.05, 0) is 128 Å². The highest BCUT2D eigenvalue weighted by Gasteiger charge is 2.19. The van der Waals surface area contributed by atoms with E-state index in [0.717, 1.165) is 154 Å². The normalized spacial score (nSPS) is 13.2. The maximum absolute atomic E-state index is 12.9. The maximum atomic E-state index is 12.9. The zero-order valence-corrected chi connectivity index (χ0v) is 50.1. The topological polar surface area (TPSA) is 78.9 Å². The molecule has 0 saturated heterocycles. The van der Waals surface area contributed by atoms with E-state index in [4.69, 9.17) is 14.2 Å². The zero-order chi connectivity index (χ0) is 56.4. The van der Waals surface area contributed by atoms with E-state index in [1.54, 1.807) is 0 Å². The van der Waals surface area contributed by atoms with E-state index in [1.807, 2.05) is 0 Å². The molecule has 0 aromatic carbocycles. The fourth-order valence-electron chi connectivity index (χ4n) is 8.13. The van der Waals surface area contributed by atoms with E-state index in [1.165, 1.54) is 57.8 Å². The van der Waals surface area contributed by atoms with Gasteiger partial charge in [0.2, 0.25) is 0 Å². The van der Waals surface area contributed by atoms with Crippen molar-refractivity contribution < 1.29 is 28.6 Å². The number of unbranched alkanes of at least 4 members (excludes halogenated alkanes) is 18. The van der Waals surface area contributed by atoms with Crippen molar-refractivity contribution in [2.24, 2.45) is 0 Å². The van der Waals surface area contributed by atoms with Gasteiger partial charge in [-0.25, -0.2) is 0 Å². The van der Waals surface area contributed by atoms with Crippen LogP contribution < -0.4 is 0 Å². The highest BCUT2D eigenvalue weighted by atomic mass is 16.6. The number of carbonyl (C=O) groups excluding carboxylic acids is 3. The summed E-state index contributed by atoms with van der Waals surface area (Å²) in [5.41, 5.74) is 0. The highest BCUT2D eigenvalue weighted by Crippen LogP contribution is 2.14. The van der Waals surface area contributed by atoms with Gasteiger partial charge in [0.15, 0.2) is 6.10 Å². The molecule has 0 aliphatic heterocycles. The summed E-state index contributed by atoms with van der Waals surface area (Å²) in [5.74, 6) is -0.970. The number of rotatable bonds is 55. The molecule has 0 aromatic heterocycles. The largest absolute Gasteiger partial charge is 0.462 e. The molecule has 0 aromatic rings. The van der Waals surface area contributed by atoms with Gasteiger partial charge < -0.3 is 14.2 Å². The van der Waals surface area contributed by atoms with Crippen LogP contribution in [0.5, 0.6) is 0 Å². The van der Waals surface area contributed by atoms with Crippen molar-refractivity contribution in [2.45, 2.75) is 264 Å². The van der Waals surface area contributed by atoms with Crippen molar-refractivity contribution in [3.8, 4) is 0 Å². The van der Waals surface area contributed by atoms with Gasteiger partial charge in [-0.3, -0.25) is 14.4 Å². The summed E-state index contributed by atoms with van der Waals surface area (Å²) in [6.45, 7) is 6.35. The van der Waals surface area contributed by atoms with Gasteiger partial charge in [0.1, 0.15) is 13.2 Å². The Labute approximate surface area is 480 Å². The molecule has 0 amide bonds. The second-order valence-corrected chi connectivity index (χ2v) is 20.2. The number of carbonyl (C=O) groups is 3. The lowest BCUT2D eigenvalue weighted by Gasteiger charge is -2.18. The number of esters is 3. The Morgan fingerprint density at radius 3 is 0.808 bits per heavy atom. The van der Waals surface area contributed by atoms with Crippen LogP contribution in [0.15, 0.2) is 158 Å². The van der Waals surface area contributed by atoms with Crippen LogP contribution >= 0.6 is 0 Å². The first-order valence-corrected chi connectivity index (χ1v) is 31.5. The van der Waals surface area contributed by atoms with Crippen LogP contribution in [-0.2, 0) is 28.6 Å². The van der Waals surface area contributed by atoms with Gasteiger partial charge in [-0.2, -0.15) is 0 Å². The van der Waals surface area contributed by atoms with Crippen molar-refractivity contribution in [1.82, 2.24) is 0 Å². The molecule has 0 heterocycles. The second-order valence-electron chi connectivity index (χ2n) is 20.2. The summed E-state index contributed by atoms with van der Waals surface area (Å²) in [5, 5.41) is 0. The SMILES string of the molecule is CC/C=C\C/C=C\C/C=C\C/C=C\C/C=C\C/C=C\C/C=C\C/C=C\C/C=C\C/C=C\CCCCC(=O)OCC(COC(=O)CCCCCCCCCCCCCC)OC(=O)CCCCCCC/C=C\C/C=C\C/C=C\CC. The average molecular weight is 1080 g/mol. The number of hydrogen-bond acceptors (Lipinski definition) is 6. The fourth-order valence-corrected chi connectivity index (χ4v) is 8.13. The summed E-state index contributed by atoms with van der Waals surface area (Å²) < 4.78 is 16.8. The smallest absolute Gasteiger partial charge is 0.306 e. The van der Waals surface area contributed by atoms with Crippen molar-refractivity contribution in [2.75, 3.05) is 13.2 Å². The number of allylic oxidation sites excluding steroid dienone is 26. The van der Waals surface area contributed by atoms with Crippen LogP contribution in [0, 0.1) is 0 Å². The predicted octanol–water partition coefficient (Wildman–Crippen LogP) is 21.7. The monoisotopic (exact) mass is 1070 g/mol. The number of hydrogen-bond donors (Lipinski definition) is 0. The van der Waals surface area contributed by atoms with E-state index in [0.29, 0.717) is 25.7 Å². The molecule has 438 valence electrons. The Bertz CT molecular complexity index is 1760. The molecule has 0 spiro atoms. The average Bonchev–Trinajstić information content (AvgIpc) is 3.44. The van der Waals surface area contributed by atoms with E-state index >= 15 is 0 Å². The van der Waals surface area contributed by atoms with E-state index < -0.39 is 6.10 Å². The molecule has 0 bridgehead atoms. The van der Waals surface area contributed by atoms with Crippen LogP contribution in [0.1, 0.15) is 258 Å². The van der Waals surface area contributed by atoms with Crippen LogP contribution in [0.25, 0.3) is 0 Å². The van der Waals surface area contributed by atoms with Crippen molar-refractivity contribution in [3.05, 3.63) is 158 Å². The molecule has 1 unspecified atom stereocenters. The molecule has 78 heavy (non-hydrogen) atoms. The Balaban J connectivity index is 4.38. The van der Waals surface area contributed by atoms with E-state index in [2.05, 4.69) is 179 Å². The molecule has 0 fully saturated rings. The second kappa shape index (κ2) is 64.6. The molecule has 0 radical (unpaired) electrons. The lowest BCUT2D eigenvalue weighted by molar-refractivity contribution is -0.167. The molecule has 6 nitrogen and oxygen atoms in total. The summed E-state index contributed by atoms with van der Waals surface area (Å²) in [6.07, 6.45) is 93.9. The molecular weight excluding hydrogens is 961 g/mol. The summed E-state index contributed by atoms with van der Waals surface area (Å²) in [4.78, 5) is 38.2. The molecule has 0 rings (SSSR count). The van der Waals surface area contributed by atoms with Gasteiger partial charge in [0, 0.05) is 19.3 Å². The van der Waals surface area contributed by atoms with E-state index in [-0.39, 0.29) is 31.1 Å². The van der Waals surface area contributed by atoms with Crippen LogP contribution in [0.3, 0.4) is 0 Å². The molecule has 0 saturated carbocycles. The van der Waals surface area contributed by atoms with Gasteiger partial charge in [0.25, 0.3) is 0 Å². The Hall–Kier alpha value is -4.97. The Kier molecular flexibility index (Phi) is 60.4. The van der Waals surface area contributed by atoms with E-state index in [9.17, 15) is 14.4 Å². The lowest BCUT2D eigenvalue weighted by Crippen LogP contribution is -2.30. The Morgan fingerprint density at radius 1 is 0.269 bits per heavy atom. The quantitative estimate of drug-likeness (QED) is 0.0261. The minimum absolute atomic E-state index is 0.103. The van der Waals surface area contributed by atoms with Crippen LogP contribution in [0.2, 0.25) is 0 Å². The first kappa shape index (κ1) is 73.0. The van der Waals surface area contributed by atoms with Gasteiger partial charge in [-0.1, -0.05) is 269 Å². The minimum atomic E-state index is -0.810. The fraction of sp³-hybridized carbons (Fsp3) is 0.597.